The number of carbonyl (C=O) groups excluding carboxylic acids is 1. The quantitative estimate of drug-likeness (QED) is 0.629. The smallest absolute Gasteiger partial charge is 0.245 e. The molecule has 2 heterocycles. The molecule has 6 heteroatoms. The van der Waals surface area contributed by atoms with E-state index in [0.717, 1.165) is 6.20 Å². The highest BCUT2D eigenvalue weighted by atomic mass is 19.1. The summed E-state index contributed by atoms with van der Waals surface area (Å²) in [5.41, 5.74) is 6.02. The molecule has 5 nitrogen and oxygen atoms in total. The molecule has 15 heavy (non-hydrogen) atoms. The van der Waals surface area contributed by atoms with Crippen molar-refractivity contribution in [3.05, 3.63) is 18.1 Å². The summed E-state index contributed by atoms with van der Waals surface area (Å²) in [6.45, 7) is 0.300. The molecule has 0 radical (unpaired) electrons. The second-order valence-corrected chi connectivity index (χ2v) is 3.41. The molecule has 0 fully saturated rings. The van der Waals surface area contributed by atoms with Gasteiger partial charge >= 0.3 is 0 Å². The maximum atomic E-state index is 13.0. The number of nitrogens with one attached hydrogen (secondary N) is 1. The molecule has 1 amide bonds. The van der Waals surface area contributed by atoms with Crippen LogP contribution in [0.4, 0.5) is 15.9 Å². The molecule has 2 rings (SSSR count). The third-order valence-corrected chi connectivity index (χ3v) is 2.33. The summed E-state index contributed by atoms with van der Waals surface area (Å²) in [5.74, 6) is -0.264. The number of nitrogens with zero attached hydrogens (tertiary/aromatic N) is 2. The number of likely N-dealkylation sites (N-methyl/N-ethyl adjacent to an activating group) is 1. The average molecular weight is 210 g/mol. The van der Waals surface area contributed by atoms with Gasteiger partial charge < -0.3 is 16.0 Å². The maximum Gasteiger partial charge on any atom is 0.245 e. The van der Waals surface area contributed by atoms with E-state index in [1.165, 1.54) is 11.0 Å². The van der Waals surface area contributed by atoms with Crippen molar-refractivity contribution >= 4 is 17.4 Å². The molecule has 0 aliphatic carbocycles. The number of amides is 1. The van der Waals surface area contributed by atoms with Crippen LogP contribution < -0.4 is 16.0 Å². The van der Waals surface area contributed by atoms with Gasteiger partial charge in [0.1, 0.15) is 17.7 Å². The molecular formula is C9H11FN4O. The van der Waals surface area contributed by atoms with E-state index in [-0.39, 0.29) is 5.91 Å². The first kappa shape index (κ1) is 9.85. The number of hydrogen-bond acceptors (Lipinski definition) is 4. The van der Waals surface area contributed by atoms with Gasteiger partial charge in [-0.2, -0.15) is 0 Å². The molecule has 1 aromatic heterocycles. The van der Waals surface area contributed by atoms with Crippen molar-refractivity contribution in [2.24, 2.45) is 5.73 Å². The van der Waals surface area contributed by atoms with Crippen LogP contribution in [-0.4, -0.2) is 30.5 Å². The molecule has 1 aliphatic rings. The highest BCUT2D eigenvalue weighted by molar-refractivity contribution is 6.00. The van der Waals surface area contributed by atoms with E-state index in [2.05, 4.69) is 10.3 Å². The Hall–Kier alpha value is -1.69. The third kappa shape index (κ3) is 1.63. The summed E-state index contributed by atoms with van der Waals surface area (Å²) in [6, 6.07) is 0.623. The lowest BCUT2D eigenvalue weighted by atomic mass is 10.3. The van der Waals surface area contributed by atoms with Gasteiger partial charge in [0.25, 0.3) is 0 Å². The SMILES string of the molecule is CN1C(=O)[C@@H](N)CNc2ncc(F)cc21. The van der Waals surface area contributed by atoms with E-state index in [1.54, 1.807) is 7.05 Å². The number of anilines is 2. The zero-order chi connectivity index (χ0) is 11.0. The normalized spacial score (nSPS) is 20.6. The van der Waals surface area contributed by atoms with E-state index < -0.39 is 11.9 Å². The first-order chi connectivity index (χ1) is 7.09. The molecule has 0 unspecified atom stereocenters. The van der Waals surface area contributed by atoms with Crippen LogP contribution in [0, 0.1) is 5.82 Å². The second kappa shape index (κ2) is 3.47. The Kier molecular flexibility index (Phi) is 2.28. The Morgan fingerprint density at radius 3 is 3.20 bits per heavy atom. The minimum absolute atomic E-state index is 0.256. The Morgan fingerprint density at radius 1 is 1.73 bits per heavy atom. The molecule has 1 aromatic rings. The summed E-state index contributed by atoms with van der Waals surface area (Å²) in [6.07, 6.45) is 1.10. The van der Waals surface area contributed by atoms with Crippen molar-refractivity contribution in [3.8, 4) is 0 Å². The van der Waals surface area contributed by atoms with Crippen LogP contribution in [0.15, 0.2) is 12.3 Å². The number of nitrogens with two attached hydrogens (primary N) is 1. The van der Waals surface area contributed by atoms with E-state index >= 15 is 0 Å². The van der Waals surface area contributed by atoms with Crippen LogP contribution in [0.25, 0.3) is 0 Å². The van der Waals surface area contributed by atoms with Crippen molar-refractivity contribution in [2.75, 3.05) is 23.8 Å². The molecule has 80 valence electrons. The minimum atomic E-state index is -0.632. The highest BCUT2D eigenvalue weighted by Crippen LogP contribution is 2.25. The average Bonchev–Trinajstić information content (AvgIpc) is 2.32. The largest absolute Gasteiger partial charge is 0.366 e. The molecule has 1 atom stereocenters. The van der Waals surface area contributed by atoms with Gasteiger partial charge in [0.15, 0.2) is 0 Å². The number of pyridine rings is 1. The van der Waals surface area contributed by atoms with Gasteiger partial charge in [-0.15, -0.1) is 0 Å². The molecule has 0 bridgehead atoms. The summed E-state index contributed by atoms with van der Waals surface area (Å²) in [7, 11) is 1.55. The van der Waals surface area contributed by atoms with E-state index in [9.17, 15) is 9.18 Å². The van der Waals surface area contributed by atoms with E-state index in [1.807, 2.05) is 0 Å². The Morgan fingerprint density at radius 2 is 2.47 bits per heavy atom. The predicted molar refractivity (Wildman–Crippen MR) is 54.1 cm³/mol. The van der Waals surface area contributed by atoms with Crippen LogP contribution >= 0.6 is 0 Å². The zero-order valence-electron chi connectivity index (χ0n) is 8.20. The van der Waals surface area contributed by atoms with Gasteiger partial charge in [0.05, 0.1) is 11.9 Å². The molecular weight excluding hydrogens is 199 g/mol. The summed E-state index contributed by atoms with van der Waals surface area (Å²) < 4.78 is 13.0. The molecule has 0 saturated heterocycles. The van der Waals surface area contributed by atoms with Gasteiger partial charge in [-0.05, 0) is 0 Å². The fourth-order valence-corrected chi connectivity index (χ4v) is 1.48. The molecule has 3 N–H and O–H groups in total. The van der Waals surface area contributed by atoms with Crippen molar-refractivity contribution in [2.45, 2.75) is 6.04 Å². The monoisotopic (exact) mass is 210 g/mol. The third-order valence-electron chi connectivity index (χ3n) is 2.33. The number of hydrogen-bond donors (Lipinski definition) is 2. The number of halogens is 1. The van der Waals surface area contributed by atoms with E-state index in [0.29, 0.717) is 18.1 Å². The van der Waals surface area contributed by atoms with Crippen LogP contribution in [0.1, 0.15) is 0 Å². The van der Waals surface area contributed by atoms with Crippen molar-refractivity contribution in [1.29, 1.82) is 0 Å². The second-order valence-electron chi connectivity index (χ2n) is 3.41. The predicted octanol–water partition coefficient (Wildman–Crippen LogP) is -0.0637. The van der Waals surface area contributed by atoms with Crippen LogP contribution in [0.2, 0.25) is 0 Å². The Bertz CT molecular complexity index is 409. The maximum absolute atomic E-state index is 13.0. The Balaban J connectivity index is 2.48. The minimum Gasteiger partial charge on any atom is -0.366 e. The fraction of sp³-hybridized carbons (Fsp3) is 0.333. The number of fused-ring (bicyclic) bond motifs is 1. The number of rotatable bonds is 0. The van der Waals surface area contributed by atoms with Gasteiger partial charge in [-0.1, -0.05) is 0 Å². The first-order valence-electron chi connectivity index (χ1n) is 4.52. The number of aromatic nitrogens is 1. The van der Waals surface area contributed by atoms with Crippen LogP contribution in [-0.2, 0) is 4.79 Å². The fourth-order valence-electron chi connectivity index (χ4n) is 1.48. The first-order valence-corrected chi connectivity index (χ1v) is 4.52. The lowest BCUT2D eigenvalue weighted by Gasteiger charge is -2.17. The summed E-state index contributed by atoms with van der Waals surface area (Å²) in [4.78, 5) is 16.8. The number of carbonyl (C=O) groups is 1. The van der Waals surface area contributed by atoms with Gasteiger partial charge in [0, 0.05) is 19.7 Å². The summed E-state index contributed by atoms with van der Waals surface area (Å²) >= 11 is 0. The van der Waals surface area contributed by atoms with Gasteiger partial charge in [0.2, 0.25) is 5.91 Å². The van der Waals surface area contributed by atoms with Crippen LogP contribution in [0.3, 0.4) is 0 Å². The van der Waals surface area contributed by atoms with Gasteiger partial charge in [-0.3, -0.25) is 4.79 Å². The van der Waals surface area contributed by atoms with Crippen molar-refractivity contribution < 1.29 is 9.18 Å². The topological polar surface area (TPSA) is 71.2 Å². The Labute approximate surface area is 86.1 Å². The molecule has 1 aliphatic heterocycles. The van der Waals surface area contributed by atoms with E-state index in [4.69, 9.17) is 5.73 Å². The molecule has 0 spiro atoms. The van der Waals surface area contributed by atoms with Gasteiger partial charge in [-0.25, -0.2) is 9.37 Å². The standard InChI is InChI=1S/C9H11FN4O/c1-14-7-2-5(10)3-12-8(7)13-4-6(11)9(14)15/h2-3,6H,4,11H2,1H3,(H,12,13)/t6-/m0/s1. The molecule has 0 saturated carbocycles. The zero-order valence-corrected chi connectivity index (χ0v) is 8.20. The van der Waals surface area contributed by atoms with Crippen LogP contribution in [0.5, 0.6) is 0 Å². The van der Waals surface area contributed by atoms with Crippen molar-refractivity contribution in [1.82, 2.24) is 4.98 Å². The lowest BCUT2D eigenvalue weighted by Crippen LogP contribution is -2.43. The molecule has 0 aromatic carbocycles. The lowest BCUT2D eigenvalue weighted by molar-refractivity contribution is -0.119. The summed E-state index contributed by atoms with van der Waals surface area (Å²) in [5, 5.41) is 2.90. The van der Waals surface area contributed by atoms with Crippen molar-refractivity contribution in [3.63, 3.8) is 0 Å². The highest BCUT2D eigenvalue weighted by Gasteiger charge is 2.25.